The molecule has 2 nitrogen and oxygen atoms in total. The van der Waals surface area contributed by atoms with Gasteiger partial charge in [0, 0.05) is 11.6 Å². The van der Waals surface area contributed by atoms with E-state index in [4.69, 9.17) is 4.98 Å². The first-order chi connectivity index (χ1) is 15.7. The molecule has 0 aliphatic heterocycles. The number of rotatable bonds is 6. The highest BCUT2D eigenvalue weighted by molar-refractivity contribution is 7.10. The van der Waals surface area contributed by atoms with Crippen LogP contribution in [-0.4, -0.2) is 16.2 Å². The predicted octanol–water partition coefficient (Wildman–Crippen LogP) is 8.37. The molecule has 1 heterocycles. The smallest absolute Gasteiger partial charge is 0.119 e. The molecule has 4 aliphatic carbocycles. The molecule has 1 aromatic rings. The molecular formula is C30H47NOS. The van der Waals surface area contributed by atoms with E-state index in [1.54, 1.807) is 5.57 Å². The van der Waals surface area contributed by atoms with Crippen molar-refractivity contribution in [2.24, 2.45) is 46.3 Å². The largest absolute Gasteiger partial charge is 0.393 e. The minimum atomic E-state index is -0.156. The molecule has 0 bridgehead atoms. The van der Waals surface area contributed by atoms with Crippen molar-refractivity contribution in [3.05, 3.63) is 22.2 Å². The summed E-state index contributed by atoms with van der Waals surface area (Å²) in [6.45, 7) is 12.6. The molecular weight excluding hydrogens is 422 g/mol. The zero-order valence-corrected chi connectivity index (χ0v) is 22.6. The molecule has 0 radical (unpaired) electrons. The van der Waals surface area contributed by atoms with Crippen LogP contribution in [0.1, 0.15) is 110 Å². The second-order valence-electron chi connectivity index (χ2n) is 13.2. The number of thiazole rings is 1. The molecule has 184 valence electrons. The van der Waals surface area contributed by atoms with E-state index in [1.165, 1.54) is 61.9 Å². The van der Waals surface area contributed by atoms with Gasteiger partial charge in [-0.15, -0.1) is 11.3 Å². The summed E-state index contributed by atoms with van der Waals surface area (Å²) in [5, 5.41) is 14.0. The maximum absolute atomic E-state index is 10.6. The van der Waals surface area contributed by atoms with E-state index in [0.717, 1.165) is 54.8 Å². The van der Waals surface area contributed by atoms with Crippen molar-refractivity contribution in [2.45, 2.75) is 111 Å². The second-order valence-corrected chi connectivity index (χ2v) is 14.1. The van der Waals surface area contributed by atoms with Gasteiger partial charge >= 0.3 is 0 Å². The molecule has 4 aliphatic rings. The zero-order chi connectivity index (χ0) is 23.4. The Morgan fingerprint density at radius 3 is 2.58 bits per heavy atom. The molecule has 0 aromatic carbocycles. The van der Waals surface area contributed by atoms with E-state index in [1.807, 2.05) is 17.5 Å². The minimum absolute atomic E-state index is 0.156. The van der Waals surface area contributed by atoms with Crippen molar-refractivity contribution in [3.8, 4) is 0 Å². The van der Waals surface area contributed by atoms with Gasteiger partial charge < -0.3 is 5.11 Å². The number of hydrogen-bond acceptors (Lipinski definition) is 3. The highest BCUT2D eigenvalue weighted by atomic mass is 32.1. The average Bonchev–Trinajstić information content (AvgIpc) is 3.41. The average molecular weight is 470 g/mol. The van der Waals surface area contributed by atoms with Crippen LogP contribution in [0.25, 0.3) is 5.57 Å². The van der Waals surface area contributed by atoms with Gasteiger partial charge in [-0.25, -0.2) is 4.98 Å². The van der Waals surface area contributed by atoms with Crippen LogP contribution in [0.4, 0.5) is 0 Å². The Kier molecular flexibility index (Phi) is 6.62. The molecule has 33 heavy (non-hydrogen) atoms. The fourth-order valence-electron chi connectivity index (χ4n) is 9.40. The van der Waals surface area contributed by atoms with Gasteiger partial charge in [0.05, 0.1) is 6.10 Å². The fraction of sp³-hybridized carbons (Fsp3) is 0.833. The van der Waals surface area contributed by atoms with Gasteiger partial charge in [-0.3, -0.25) is 0 Å². The summed E-state index contributed by atoms with van der Waals surface area (Å²) < 4.78 is 0. The number of aromatic nitrogens is 1. The summed E-state index contributed by atoms with van der Waals surface area (Å²) in [5.41, 5.74) is 3.91. The van der Waals surface area contributed by atoms with Gasteiger partial charge in [0.1, 0.15) is 5.01 Å². The zero-order valence-electron chi connectivity index (χ0n) is 21.8. The Hall–Kier alpha value is -0.670. The molecule has 1 N–H and O–H groups in total. The molecule has 0 amide bonds. The van der Waals surface area contributed by atoms with Gasteiger partial charge in [-0.1, -0.05) is 59.5 Å². The number of allylic oxidation sites excluding steroid dienone is 1. The summed E-state index contributed by atoms with van der Waals surface area (Å²) in [5.74, 6) is 5.08. The van der Waals surface area contributed by atoms with E-state index < -0.39 is 0 Å². The third-order valence-electron chi connectivity index (χ3n) is 11.1. The Morgan fingerprint density at radius 1 is 1.03 bits per heavy atom. The van der Waals surface area contributed by atoms with Crippen LogP contribution in [0, 0.1) is 46.3 Å². The van der Waals surface area contributed by atoms with E-state index in [2.05, 4.69) is 40.0 Å². The molecule has 8 atom stereocenters. The Bertz CT molecular complexity index is 859. The monoisotopic (exact) mass is 469 g/mol. The van der Waals surface area contributed by atoms with E-state index in [-0.39, 0.29) is 11.5 Å². The maximum Gasteiger partial charge on any atom is 0.119 e. The fourth-order valence-corrected chi connectivity index (χ4v) is 10.1. The van der Waals surface area contributed by atoms with Crippen LogP contribution in [0.2, 0.25) is 0 Å². The molecule has 5 rings (SSSR count). The third-order valence-corrected chi connectivity index (χ3v) is 11.9. The highest BCUT2D eigenvalue weighted by Gasteiger charge is 2.60. The van der Waals surface area contributed by atoms with Crippen molar-refractivity contribution >= 4 is 16.9 Å². The number of aliphatic hydroxyl groups is 1. The lowest BCUT2D eigenvalue weighted by Crippen LogP contribution is -2.51. The van der Waals surface area contributed by atoms with E-state index in [9.17, 15) is 5.11 Å². The highest BCUT2D eigenvalue weighted by Crippen LogP contribution is 2.69. The van der Waals surface area contributed by atoms with Crippen LogP contribution in [-0.2, 0) is 0 Å². The second kappa shape index (κ2) is 9.08. The molecule has 0 spiro atoms. The van der Waals surface area contributed by atoms with Crippen molar-refractivity contribution in [2.75, 3.05) is 0 Å². The summed E-state index contributed by atoms with van der Waals surface area (Å²) in [4.78, 5) is 4.80. The normalized spacial score (nSPS) is 41.6. The first-order valence-corrected chi connectivity index (χ1v) is 14.9. The molecule has 3 heteroatoms. The molecule has 0 unspecified atom stereocenters. The third kappa shape index (κ3) is 4.07. The van der Waals surface area contributed by atoms with Crippen molar-refractivity contribution in [1.82, 2.24) is 4.98 Å². The predicted molar refractivity (Wildman–Crippen MR) is 140 cm³/mol. The lowest BCUT2D eigenvalue weighted by Gasteiger charge is -2.59. The molecule has 1 aromatic heterocycles. The standard InChI is InChI=1S/C30H47NOS/c1-19(2)7-6-8-20(3)24-9-10-25-22-18-23(28-31-15-16-33-28)27-17-21(32)11-13-30(27,5)26(22)12-14-29(24,25)4/h15-16,19-22,24-26,32H,6-14,17-18H2,1-5H3/t20-,21+,22+,24-,25+,26+,29-,30-/m1/s1. The van der Waals surface area contributed by atoms with Crippen LogP contribution >= 0.6 is 11.3 Å². The van der Waals surface area contributed by atoms with Gasteiger partial charge in [0.15, 0.2) is 0 Å². The van der Waals surface area contributed by atoms with Gasteiger partial charge in [-0.05, 0) is 103 Å². The quantitative estimate of drug-likeness (QED) is 0.454. The number of nitrogens with zero attached hydrogens (tertiary/aromatic N) is 1. The van der Waals surface area contributed by atoms with Gasteiger partial charge in [0.2, 0.25) is 0 Å². The lowest BCUT2D eigenvalue weighted by molar-refractivity contribution is -0.0552. The van der Waals surface area contributed by atoms with Gasteiger partial charge in [0.25, 0.3) is 0 Å². The van der Waals surface area contributed by atoms with Gasteiger partial charge in [-0.2, -0.15) is 0 Å². The first-order valence-electron chi connectivity index (χ1n) is 14.0. The first kappa shape index (κ1) is 24.0. The SMILES string of the molecule is CC(C)CCC[C@@H](C)[C@H]1CC[C@H]2[C@@H]3CC(c4nccs4)=C4C[C@@H](O)CC[C@]4(C)[C@H]3CC[C@]12C. The number of fused-ring (bicyclic) bond motifs is 5. The Labute approximate surface area is 206 Å². The maximum atomic E-state index is 10.6. The van der Waals surface area contributed by atoms with E-state index in [0.29, 0.717) is 5.41 Å². The molecule has 3 fully saturated rings. The Balaban J connectivity index is 1.43. The topological polar surface area (TPSA) is 33.1 Å². The van der Waals surface area contributed by atoms with Crippen LogP contribution in [0.5, 0.6) is 0 Å². The number of hydrogen-bond donors (Lipinski definition) is 1. The summed E-state index contributed by atoms with van der Waals surface area (Å²) >= 11 is 1.81. The lowest BCUT2D eigenvalue weighted by atomic mass is 9.46. The van der Waals surface area contributed by atoms with Crippen molar-refractivity contribution in [1.29, 1.82) is 0 Å². The summed E-state index contributed by atoms with van der Waals surface area (Å²) in [7, 11) is 0. The van der Waals surface area contributed by atoms with Crippen LogP contribution in [0.3, 0.4) is 0 Å². The van der Waals surface area contributed by atoms with Crippen molar-refractivity contribution in [3.63, 3.8) is 0 Å². The van der Waals surface area contributed by atoms with Crippen LogP contribution in [0.15, 0.2) is 17.2 Å². The molecule has 3 saturated carbocycles. The molecule has 0 saturated heterocycles. The van der Waals surface area contributed by atoms with Crippen molar-refractivity contribution < 1.29 is 5.11 Å². The summed E-state index contributed by atoms with van der Waals surface area (Å²) in [6.07, 6.45) is 16.0. The Morgan fingerprint density at radius 2 is 1.85 bits per heavy atom. The van der Waals surface area contributed by atoms with Crippen LogP contribution < -0.4 is 0 Å². The van der Waals surface area contributed by atoms with E-state index >= 15 is 0 Å². The summed E-state index contributed by atoms with van der Waals surface area (Å²) in [6, 6.07) is 0. The minimum Gasteiger partial charge on any atom is -0.393 e. The number of aliphatic hydroxyl groups excluding tert-OH is 1.